The first-order valence-electron chi connectivity index (χ1n) is 9.65. The maximum absolute atomic E-state index is 13.0. The molecule has 32 heavy (non-hydrogen) atoms. The third kappa shape index (κ3) is 5.13. The molecule has 0 radical (unpaired) electrons. The molecule has 1 N–H and O–H groups in total. The maximum Gasteiger partial charge on any atom is 0.302 e. The number of para-hydroxylation sites is 1. The zero-order valence-electron chi connectivity index (χ0n) is 17.1. The fraction of sp³-hybridized carbons (Fsp3) is 0.190. The standard InChI is InChI=1S/C21H19N5O5S/c1-29-11-9-25-13-19(31-24-25)23-18(27)14-32-21-22-17(12-16-8-5-10-30-16)20(28)26(21)15-6-3-2-4-7-15/h2-8,10,12-13H,9,11,14H2,1H3/p+1/b17-12+. The van der Waals surface area contributed by atoms with Gasteiger partial charge in [-0.1, -0.05) is 30.0 Å². The smallest absolute Gasteiger partial charge is 0.302 e. The number of nitrogens with one attached hydrogen (secondary N) is 1. The second kappa shape index (κ2) is 10.1. The van der Waals surface area contributed by atoms with Gasteiger partial charge in [0, 0.05) is 13.2 Å². The molecule has 3 heterocycles. The van der Waals surface area contributed by atoms with Crippen LogP contribution in [0.25, 0.3) is 6.08 Å². The van der Waals surface area contributed by atoms with E-state index in [1.165, 1.54) is 15.8 Å². The summed E-state index contributed by atoms with van der Waals surface area (Å²) >= 11 is 1.14. The van der Waals surface area contributed by atoms with Crippen molar-refractivity contribution in [1.82, 2.24) is 5.27 Å². The minimum Gasteiger partial charge on any atom is -0.465 e. The summed E-state index contributed by atoms with van der Waals surface area (Å²) in [6.45, 7) is 0.970. The Hall–Kier alpha value is -3.70. The minimum atomic E-state index is -0.323. The Morgan fingerprint density at radius 3 is 2.88 bits per heavy atom. The summed E-state index contributed by atoms with van der Waals surface area (Å²) in [6, 6.07) is 12.6. The lowest BCUT2D eigenvalue weighted by molar-refractivity contribution is -0.763. The SMILES string of the molecule is COCC[n+]1cc(NC(=O)CSC2=N/C(=C/c3ccco3)C(=O)N2c2ccccc2)on1. The van der Waals surface area contributed by atoms with E-state index in [4.69, 9.17) is 13.7 Å². The molecule has 0 unspecified atom stereocenters. The van der Waals surface area contributed by atoms with Crippen LogP contribution in [0.4, 0.5) is 11.6 Å². The summed E-state index contributed by atoms with van der Waals surface area (Å²) in [7, 11) is 1.59. The number of carbonyl (C=O) groups is 2. The summed E-state index contributed by atoms with van der Waals surface area (Å²) in [5.41, 5.74) is 0.877. The van der Waals surface area contributed by atoms with E-state index in [0.717, 1.165) is 11.8 Å². The normalized spacial score (nSPS) is 14.8. The topological polar surface area (TPSA) is 114 Å². The van der Waals surface area contributed by atoms with Crippen LogP contribution < -0.4 is 14.9 Å². The molecule has 0 atom stereocenters. The zero-order chi connectivity index (χ0) is 22.3. The number of ether oxygens (including phenoxy) is 1. The minimum absolute atomic E-state index is 0.0161. The van der Waals surface area contributed by atoms with Crippen LogP contribution in [-0.2, 0) is 20.9 Å². The first-order chi connectivity index (χ1) is 15.6. The van der Waals surface area contributed by atoms with E-state index in [1.807, 2.05) is 18.2 Å². The van der Waals surface area contributed by atoms with Crippen LogP contribution in [-0.4, -0.2) is 41.7 Å². The number of anilines is 2. The van der Waals surface area contributed by atoms with Gasteiger partial charge in [-0.25, -0.2) is 4.99 Å². The Morgan fingerprint density at radius 2 is 2.12 bits per heavy atom. The van der Waals surface area contributed by atoms with Crippen molar-refractivity contribution in [2.45, 2.75) is 6.54 Å². The maximum atomic E-state index is 13.0. The zero-order valence-corrected chi connectivity index (χ0v) is 17.9. The number of aliphatic imine (C=N–C) groups is 1. The van der Waals surface area contributed by atoms with Crippen molar-refractivity contribution in [1.29, 1.82) is 0 Å². The molecule has 1 aromatic carbocycles. The summed E-state index contributed by atoms with van der Waals surface area (Å²) in [5, 5.41) is 6.83. The quantitative estimate of drug-likeness (QED) is 0.410. The van der Waals surface area contributed by atoms with E-state index >= 15 is 0 Å². The number of amidine groups is 1. The molecule has 10 nitrogen and oxygen atoms in total. The number of nitrogens with zero attached hydrogens (tertiary/aromatic N) is 4. The van der Waals surface area contributed by atoms with E-state index < -0.39 is 0 Å². The number of furan rings is 1. The van der Waals surface area contributed by atoms with Gasteiger partial charge in [-0.05, 0) is 28.9 Å². The van der Waals surface area contributed by atoms with Crippen LogP contribution in [0.1, 0.15) is 5.76 Å². The molecule has 0 saturated carbocycles. The summed E-state index contributed by atoms with van der Waals surface area (Å²) in [5.74, 6) is 0.125. The number of thioether (sulfide) groups is 1. The molecule has 11 heteroatoms. The average molecular weight is 454 g/mol. The van der Waals surface area contributed by atoms with Gasteiger partial charge in [-0.15, -0.1) is 0 Å². The molecule has 0 fully saturated rings. The van der Waals surface area contributed by atoms with Crippen molar-refractivity contribution >= 4 is 46.4 Å². The van der Waals surface area contributed by atoms with Crippen LogP contribution in [0.5, 0.6) is 0 Å². The van der Waals surface area contributed by atoms with Crippen molar-refractivity contribution in [2.75, 3.05) is 29.7 Å². The molecule has 2 aromatic heterocycles. The lowest BCUT2D eigenvalue weighted by Gasteiger charge is -2.17. The number of hydrogen-bond acceptors (Lipinski definition) is 8. The molecule has 0 spiro atoms. The van der Waals surface area contributed by atoms with Crippen molar-refractivity contribution in [3.8, 4) is 0 Å². The summed E-state index contributed by atoms with van der Waals surface area (Å²) in [6.07, 6.45) is 4.66. The Balaban J connectivity index is 1.46. The van der Waals surface area contributed by atoms with Gasteiger partial charge in [0.25, 0.3) is 12.1 Å². The molecular weight excluding hydrogens is 434 g/mol. The molecule has 1 aliphatic rings. The molecule has 164 valence electrons. The first kappa shape index (κ1) is 21.5. The number of amides is 2. The third-order valence-corrected chi connectivity index (χ3v) is 5.23. The van der Waals surface area contributed by atoms with Crippen LogP contribution in [0.2, 0.25) is 0 Å². The van der Waals surface area contributed by atoms with Crippen LogP contribution in [0, 0.1) is 0 Å². The van der Waals surface area contributed by atoms with Gasteiger partial charge in [0.15, 0.2) is 5.17 Å². The highest BCUT2D eigenvalue weighted by atomic mass is 32.2. The highest BCUT2D eigenvalue weighted by Gasteiger charge is 2.32. The van der Waals surface area contributed by atoms with Crippen molar-refractivity contribution in [2.24, 2.45) is 4.99 Å². The lowest BCUT2D eigenvalue weighted by Crippen LogP contribution is -2.36. The van der Waals surface area contributed by atoms with Crippen LogP contribution in [0.3, 0.4) is 0 Å². The fourth-order valence-corrected chi connectivity index (χ4v) is 3.65. The van der Waals surface area contributed by atoms with Gasteiger partial charge in [0.1, 0.15) is 18.1 Å². The molecule has 3 aromatic rings. The van der Waals surface area contributed by atoms with Gasteiger partial charge in [0.05, 0.1) is 17.7 Å². The van der Waals surface area contributed by atoms with Gasteiger partial charge < -0.3 is 9.15 Å². The molecule has 0 saturated heterocycles. The first-order valence-corrected chi connectivity index (χ1v) is 10.6. The van der Waals surface area contributed by atoms with E-state index in [-0.39, 0.29) is 29.1 Å². The van der Waals surface area contributed by atoms with Crippen molar-refractivity contribution < 1.29 is 27.9 Å². The Kier molecular flexibility index (Phi) is 6.78. The predicted octanol–water partition coefficient (Wildman–Crippen LogP) is 2.32. The van der Waals surface area contributed by atoms with Gasteiger partial charge in [-0.3, -0.25) is 24.3 Å². The highest BCUT2D eigenvalue weighted by molar-refractivity contribution is 8.14. The number of rotatable bonds is 8. The van der Waals surface area contributed by atoms with Gasteiger partial charge in [-0.2, -0.15) is 0 Å². The van der Waals surface area contributed by atoms with E-state index in [2.05, 4.69) is 15.6 Å². The Bertz CT molecular complexity index is 1140. The second-order valence-electron chi connectivity index (χ2n) is 6.57. The number of hydrogen-bond donors (Lipinski definition) is 1. The highest BCUT2D eigenvalue weighted by Crippen LogP contribution is 2.29. The van der Waals surface area contributed by atoms with Gasteiger partial charge in [0.2, 0.25) is 17.7 Å². The Labute approximate surface area is 187 Å². The lowest BCUT2D eigenvalue weighted by atomic mass is 10.2. The predicted molar refractivity (Wildman–Crippen MR) is 118 cm³/mol. The van der Waals surface area contributed by atoms with Crippen molar-refractivity contribution in [3.63, 3.8) is 0 Å². The Morgan fingerprint density at radius 1 is 1.28 bits per heavy atom. The van der Waals surface area contributed by atoms with E-state index in [0.29, 0.717) is 29.8 Å². The van der Waals surface area contributed by atoms with Crippen LogP contribution in [0.15, 0.2) is 74.6 Å². The van der Waals surface area contributed by atoms with Crippen LogP contribution >= 0.6 is 11.8 Å². The van der Waals surface area contributed by atoms with E-state index in [9.17, 15) is 9.59 Å². The van der Waals surface area contributed by atoms with E-state index in [1.54, 1.807) is 43.6 Å². The molecule has 4 rings (SSSR count). The molecule has 2 amide bonds. The monoisotopic (exact) mass is 454 g/mol. The summed E-state index contributed by atoms with van der Waals surface area (Å²) in [4.78, 5) is 31.3. The summed E-state index contributed by atoms with van der Waals surface area (Å²) < 4.78 is 16.9. The number of aromatic nitrogens is 2. The third-order valence-electron chi connectivity index (χ3n) is 4.30. The number of carbonyl (C=O) groups excluding carboxylic acids is 2. The average Bonchev–Trinajstić information content (AvgIpc) is 3.54. The molecule has 0 bridgehead atoms. The van der Waals surface area contributed by atoms with Crippen molar-refractivity contribution in [3.05, 3.63) is 66.4 Å². The molecule has 1 aliphatic heterocycles. The molecule has 0 aliphatic carbocycles. The largest absolute Gasteiger partial charge is 0.465 e. The van der Waals surface area contributed by atoms with Gasteiger partial charge >= 0.3 is 5.88 Å². The second-order valence-corrected chi connectivity index (χ2v) is 7.52. The number of methoxy groups -OCH3 is 1. The fourth-order valence-electron chi connectivity index (χ4n) is 2.83. The number of benzene rings is 1. The molecular formula is C21H20N5O5S+.